The molecular weight excluding hydrogens is 404 g/mol. The third-order valence-corrected chi connectivity index (χ3v) is 6.44. The summed E-state index contributed by atoms with van der Waals surface area (Å²) in [7, 11) is 0. The number of anilines is 2. The van der Waals surface area contributed by atoms with Crippen molar-refractivity contribution in [1.82, 2.24) is 19.9 Å². The van der Waals surface area contributed by atoms with Gasteiger partial charge in [-0.2, -0.15) is 0 Å². The number of hydrogen-bond donors (Lipinski definition) is 2. The van der Waals surface area contributed by atoms with Gasteiger partial charge in [0.05, 0.1) is 13.2 Å². The average molecular weight is 435 g/mol. The molecule has 1 atom stereocenters. The first-order chi connectivity index (χ1) is 15.8. The number of hydrogen-bond acceptors (Lipinski definition) is 7. The Morgan fingerprint density at radius 1 is 1.12 bits per heavy atom. The van der Waals surface area contributed by atoms with Crippen LogP contribution in [0.1, 0.15) is 24.5 Å². The molecule has 8 heteroatoms. The number of ether oxygens (including phenoxy) is 1. The second kappa shape index (κ2) is 9.67. The van der Waals surface area contributed by atoms with E-state index in [4.69, 9.17) is 4.74 Å². The van der Waals surface area contributed by atoms with E-state index in [2.05, 4.69) is 36.1 Å². The van der Waals surface area contributed by atoms with Crippen molar-refractivity contribution in [2.24, 2.45) is 0 Å². The molecule has 2 aromatic heterocycles. The first-order valence-corrected chi connectivity index (χ1v) is 11.5. The van der Waals surface area contributed by atoms with Crippen molar-refractivity contribution in [1.29, 1.82) is 0 Å². The molecule has 0 aliphatic carbocycles. The van der Waals surface area contributed by atoms with Crippen molar-refractivity contribution in [2.45, 2.75) is 18.8 Å². The predicted molar refractivity (Wildman–Crippen MR) is 127 cm³/mol. The maximum atomic E-state index is 12.5. The zero-order valence-corrected chi connectivity index (χ0v) is 18.3. The molecule has 0 spiro atoms. The van der Waals surface area contributed by atoms with Crippen molar-refractivity contribution in [3.63, 3.8) is 0 Å². The second-order valence-corrected chi connectivity index (χ2v) is 8.57. The first kappa shape index (κ1) is 20.9. The fraction of sp³-hybridized carbons (Fsp3) is 0.458. The summed E-state index contributed by atoms with van der Waals surface area (Å²) in [6.45, 7) is 7.00. The second-order valence-electron chi connectivity index (χ2n) is 8.57. The van der Waals surface area contributed by atoms with Gasteiger partial charge in [0.25, 0.3) is 5.56 Å². The molecule has 0 radical (unpaired) electrons. The van der Waals surface area contributed by atoms with Crippen molar-refractivity contribution in [3.8, 4) is 0 Å². The number of fused-ring (bicyclic) bond motifs is 1. The van der Waals surface area contributed by atoms with E-state index in [1.165, 1.54) is 0 Å². The Morgan fingerprint density at radius 3 is 2.91 bits per heavy atom. The predicted octanol–water partition coefficient (Wildman–Crippen LogP) is 2.45. The lowest BCUT2D eigenvalue weighted by molar-refractivity contribution is 0.122. The van der Waals surface area contributed by atoms with Gasteiger partial charge in [-0.3, -0.25) is 4.79 Å². The number of aromatic amines is 1. The number of nitrogens with zero attached hydrogens (tertiary/aromatic N) is 4. The maximum Gasteiger partial charge on any atom is 0.256 e. The summed E-state index contributed by atoms with van der Waals surface area (Å²) in [6, 6.07) is 12.0. The van der Waals surface area contributed by atoms with Gasteiger partial charge in [-0.25, -0.2) is 9.97 Å². The number of aromatic nitrogens is 3. The van der Waals surface area contributed by atoms with Gasteiger partial charge >= 0.3 is 0 Å². The Morgan fingerprint density at radius 2 is 2.00 bits per heavy atom. The van der Waals surface area contributed by atoms with Crippen LogP contribution in [0.3, 0.4) is 0 Å². The summed E-state index contributed by atoms with van der Waals surface area (Å²) in [4.78, 5) is 29.1. The topological polar surface area (TPSA) is 86.4 Å². The maximum absolute atomic E-state index is 12.5. The molecule has 0 bridgehead atoms. The molecule has 1 unspecified atom stereocenters. The van der Waals surface area contributed by atoms with Crippen LogP contribution in [0.4, 0.5) is 11.6 Å². The molecule has 2 aliphatic rings. The number of nitrogens with one attached hydrogen (secondary N) is 2. The summed E-state index contributed by atoms with van der Waals surface area (Å²) in [5.41, 5.74) is 1.06. The van der Waals surface area contributed by atoms with Gasteiger partial charge < -0.3 is 24.8 Å². The molecule has 2 N–H and O–H groups in total. The van der Waals surface area contributed by atoms with E-state index in [0.29, 0.717) is 5.92 Å². The first-order valence-electron chi connectivity index (χ1n) is 11.5. The van der Waals surface area contributed by atoms with Gasteiger partial charge in [0.15, 0.2) is 0 Å². The molecule has 2 fully saturated rings. The van der Waals surface area contributed by atoms with Crippen LogP contribution in [-0.4, -0.2) is 72.3 Å². The Bertz CT molecular complexity index is 1110. The molecule has 4 heterocycles. The van der Waals surface area contributed by atoms with Gasteiger partial charge in [-0.15, -0.1) is 0 Å². The SMILES string of the molecule is O=c1[nH]c(C2CCCN(CCNc3cc(N4CCOCC4)ncn3)C2)cc2ccccc12. The van der Waals surface area contributed by atoms with E-state index in [0.717, 1.165) is 93.4 Å². The lowest BCUT2D eigenvalue weighted by atomic mass is 9.93. The van der Waals surface area contributed by atoms with Gasteiger partial charge in [-0.1, -0.05) is 18.2 Å². The minimum atomic E-state index is 0.0109. The summed E-state index contributed by atoms with van der Waals surface area (Å²) in [6.07, 6.45) is 3.86. The van der Waals surface area contributed by atoms with E-state index < -0.39 is 0 Å². The largest absolute Gasteiger partial charge is 0.378 e. The quantitative estimate of drug-likeness (QED) is 0.616. The van der Waals surface area contributed by atoms with Crippen LogP contribution in [0.5, 0.6) is 0 Å². The number of piperidine rings is 1. The van der Waals surface area contributed by atoms with E-state index in [9.17, 15) is 4.79 Å². The fourth-order valence-corrected chi connectivity index (χ4v) is 4.72. The number of morpholine rings is 1. The van der Waals surface area contributed by atoms with Crippen LogP contribution < -0.4 is 15.8 Å². The summed E-state index contributed by atoms with van der Waals surface area (Å²) < 4.78 is 5.43. The molecule has 168 valence electrons. The summed E-state index contributed by atoms with van der Waals surface area (Å²) in [5, 5.41) is 5.23. The smallest absolute Gasteiger partial charge is 0.256 e. The summed E-state index contributed by atoms with van der Waals surface area (Å²) in [5.74, 6) is 2.16. The number of rotatable bonds is 6. The van der Waals surface area contributed by atoms with Crippen molar-refractivity contribution < 1.29 is 4.74 Å². The molecular formula is C24H30N6O2. The van der Waals surface area contributed by atoms with Crippen LogP contribution in [0, 0.1) is 0 Å². The molecule has 0 saturated carbocycles. The van der Waals surface area contributed by atoms with Crippen LogP contribution >= 0.6 is 0 Å². The Labute approximate surface area is 187 Å². The van der Waals surface area contributed by atoms with Crippen LogP contribution in [0.25, 0.3) is 10.8 Å². The van der Waals surface area contributed by atoms with E-state index in [1.54, 1.807) is 6.33 Å². The Hall–Kier alpha value is -2.97. The molecule has 32 heavy (non-hydrogen) atoms. The van der Waals surface area contributed by atoms with E-state index in [-0.39, 0.29) is 5.56 Å². The number of benzene rings is 1. The lowest BCUT2D eigenvalue weighted by Crippen LogP contribution is -2.38. The average Bonchev–Trinajstić information content (AvgIpc) is 2.85. The van der Waals surface area contributed by atoms with Crippen LogP contribution in [0.15, 0.2) is 47.5 Å². The zero-order valence-electron chi connectivity index (χ0n) is 18.3. The van der Waals surface area contributed by atoms with Gasteiger partial charge in [0, 0.05) is 55.8 Å². The highest BCUT2D eigenvalue weighted by atomic mass is 16.5. The highest BCUT2D eigenvalue weighted by Crippen LogP contribution is 2.26. The lowest BCUT2D eigenvalue weighted by Gasteiger charge is -2.33. The van der Waals surface area contributed by atoms with E-state index >= 15 is 0 Å². The third kappa shape index (κ3) is 4.76. The zero-order chi connectivity index (χ0) is 21.8. The molecule has 3 aromatic rings. The molecule has 5 rings (SSSR count). The minimum Gasteiger partial charge on any atom is -0.378 e. The highest BCUT2D eigenvalue weighted by Gasteiger charge is 2.22. The Kier molecular flexibility index (Phi) is 6.31. The van der Waals surface area contributed by atoms with Crippen LogP contribution in [0.2, 0.25) is 0 Å². The molecule has 8 nitrogen and oxygen atoms in total. The van der Waals surface area contributed by atoms with Crippen molar-refractivity contribution >= 4 is 22.4 Å². The normalized spacial score (nSPS) is 19.9. The van der Waals surface area contributed by atoms with Gasteiger partial charge in [0.1, 0.15) is 18.0 Å². The monoisotopic (exact) mass is 434 g/mol. The molecule has 2 saturated heterocycles. The Balaban J connectivity index is 1.18. The van der Waals surface area contributed by atoms with Crippen molar-refractivity contribution in [3.05, 3.63) is 58.8 Å². The number of H-pyrrole nitrogens is 1. The minimum absolute atomic E-state index is 0.0109. The fourth-order valence-electron chi connectivity index (χ4n) is 4.72. The number of likely N-dealkylation sites (tertiary alicyclic amines) is 1. The van der Waals surface area contributed by atoms with Gasteiger partial charge in [0.2, 0.25) is 0 Å². The third-order valence-electron chi connectivity index (χ3n) is 6.44. The molecule has 2 aliphatic heterocycles. The number of pyridine rings is 1. The van der Waals surface area contributed by atoms with Crippen molar-refractivity contribution in [2.75, 3.05) is 62.7 Å². The highest BCUT2D eigenvalue weighted by molar-refractivity contribution is 5.81. The standard InChI is InChI=1S/C24H30N6O2/c31-24-20-6-2-1-4-18(20)14-21(28-24)19-5-3-8-29(16-19)9-7-25-22-15-23(27-17-26-22)30-10-12-32-13-11-30/h1-2,4,6,14-15,17,19H,3,5,7-13,16H2,(H,28,31)(H,25,26,27). The van der Waals surface area contributed by atoms with Gasteiger partial charge in [-0.05, 0) is 36.9 Å². The molecule has 1 aromatic carbocycles. The molecule has 0 amide bonds. The summed E-state index contributed by atoms with van der Waals surface area (Å²) >= 11 is 0. The van der Waals surface area contributed by atoms with E-state index in [1.807, 2.05) is 30.3 Å². The van der Waals surface area contributed by atoms with Crippen LogP contribution in [-0.2, 0) is 4.74 Å².